The van der Waals surface area contributed by atoms with Gasteiger partial charge in [0.2, 0.25) is 0 Å². The third kappa shape index (κ3) is 2.25. The van der Waals surface area contributed by atoms with E-state index in [0.717, 1.165) is 0 Å². The second kappa shape index (κ2) is 6.16. The van der Waals surface area contributed by atoms with Gasteiger partial charge in [-0.25, -0.2) is 0 Å². The number of carbonyl (C=O) groups is 3. The number of rotatable bonds is 2. The first kappa shape index (κ1) is 19.2. The van der Waals surface area contributed by atoms with Crippen LogP contribution in [-0.2, 0) is 16.0 Å². The second-order valence-electron chi connectivity index (χ2n) is 7.59. The van der Waals surface area contributed by atoms with Crippen molar-refractivity contribution in [1.82, 2.24) is 5.32 Å². The van der Waals surface area contributed by atoms with Crippen molar-refractivity contribution in [2.45, 2.75) is 24.5 Å². The molecule has 3 aliphatic rings. The van der Waals surface area contributed by atoms with E-state index in [-0.39, 0.29) is 29.7 Å². The van der Waals surface area contributed by atoms with Crippen molar-refractivity contribution in [3.8, 4) is 5.75 Å². The third-order valence-corrected chi connectivity index (χ3v) is 6.35. The van der Waals surface area contributed by atoms with Gasteiger partial charge in [-0.15, -0.1) is 0 Å². The fraction of sp³-hybridized carbons (Fsp3) is 0.350. The topological polar surface area (TPSA) is 170 Å². The number of Topliss-reactive ketones (excluding diaryl/α,β-unsaturated/α-hetero) is 2. The van der Waals surface area contributed by atoms with Gasteiger partial charge in [0.1, 0.15) is 28.4 Å². The number of fused-ring (bicyclic) bond motifs is 3. The molecule has 0 spiro atoms. The number of hydrogen-bond acceptors (Lipinski definition) is 8. The molecule has 0 saturated carbocycles. The summed E-state index contributed by atoms with van der Waals surface area (Å²) in [6, 6.07) is 4.55. The second-order valence-corrected chi connectivity index (χ2v) is 7.59. The van der Waals surface area contributed by atoms with Gasteiger partial charge in [0.15, 0.2) is 11.6 Å². The number of primary amides is 1. The molecule has 0 bridgehead atoms. The SMILES string of the molecule is CN[C@@]12C(=O)C(C(N)=O)=C(O)C[C@H]1[C@H](O)[C@@H]1Cc3cccc(O)c3C(=O)C1=C2O. The molecular weight excluding hydrogens is 380 g/mol. The molecule has 3 aliphatic carbocycles. The van der Waals surface area contributed by atoms with Crippen molar-refractivity contribution >= 4 is 17.5 Å². The molecule has 1 amide bonds. The van der Waals surface area contributed by atoms with Gasteiger partial charge in [-0.3, -0.25) is 14.4 Å². The Morgan fingerprint density at radius 1 is 1.21 bits per heavy atom. The fourth-order valence-electron chi connectivity index (χ4n) is 5.02. The number of aliphatic hydroxyl groups excluding tert-OH is 3. The van der Waals surface area contributed by atoms with Crippen molar-refractivity contribution in [1.29, 1.82) is 0 Å². The third-order valence-electron chi connectivity index (χ3n) is 6.35. The number of aromatic hydroxyl groups is 1. The lowest BCUT2D eigenvalue weighted by Gasteiger charge is -2.50. The molecule has 0 fully saturated rings. The van der Waals surface area contributed by atoms with Gasteiger partial charge in [0.05, 0.1) is 11.7 Å². The van der Waals surface area contributed by atoms with Gasteiger partial charge in [-0.1, -0.05) is 12.1 Å². The molecule has 0 radical (unpaired) electrons. The van der Waals surface area contributed by atoms with E-state index in [9.17, 15) is 34.8 Å². The number of phenols is 1. The van der Waals surface area contributed by atoms with Crippen molar-refractivity contribution in [3.05, 3.63) is 52.0 Å². The number of benzene rings is 1. The largest absolute Gasteiger partial charge is 0.511 e. The highest BCUT2D eigenvalue weighted by molar-refractivity contribution is 6.25. The lowest BCUT2D eigenvalue weighted by Crippen LogP contribution is -2.68. The quantitative estimate of drug-likeness (QED) is 0.370. The smallest absolute Gasteiger partial charge is 0.255 e. The number of allylic oxidation sites excluding steroid dienone is 1. The van der Waals surface area contributed by atoms with Crippen LogP contribution in [0.25, 0.3) is 0 Å². The van der Waals surface area contributed by atoms with E-state index in [2.05, 4.69) is 5.32 Å². The van der Waals surface area contributed by atoms with Crippen LogP contribution in [0.3, 0.4) is 0 Å². The average Bonchev–Trinajstić information content (AvgIpc) is 2.65. The summed E-state index contributed by atoms with van der Waals surface area (Å²) in [5.41, 5.74) is 2.87. The lowest BCUT2D eigenvalue weighted by molar-refractivity contribution is -0.132. The summed E-state index contributed by atoms with van der Waals surface area (Å²) in [6.45, 7) is 0. The van der Waals surface area contributed by atoms with E-state index >= 15 is 0 Å². The molecule has 4 atom stereocenters. The number of amides is 1. The Labute approximate surface area is 165 Å². The molecule has 0 aliphatic heterocycles. The predicted molar refractivity (Wildman–Crippen MR) is 99.0 cm³/mol. The number of aliphatic hydroxyl groups is 3. The highest BCUT2D eigenvalue weighted by atomic mass is 16.3. The first-order valence-electron chi connectivity index (χ1n) is 9.09. The van der Waals surface area contributed by atoms with Crippen LogP contribution >= 0.6 is 0 Å². The molecular formula is C20H20N2O7. The Hall–Kier alpha value is -3.17. The van der Waals surface area contributed by atoms with Crippen LogP contribution < -0.4 is 11.1 Å². The molecule has 9 heteroatoms. The van der Waals surface area contributed by atoms with Crippen molar-refractivity contribution in [3.63, 3.8) is 0 Å². The number of nitrogens with two attached hydrogens (primary N) is 1. The molecule has 0 aromatic heterocycles. The Bertz CT molecular complexity index is 1040. The fourth-order valence-corrected chi connectivity index (χ4v) is 5.02. The number of carbonyl (C=O) groups excluding carboxylic acids is 3. The molecule has 29 heavy (non-hydrogen) atoms. The summed E-state index contributed by atoms with van der Waals surface area (Å²) >= 11 is 0. The van der Waals surface area contributed by atoms with Crippen LogP contribution in [0.5, 0.6) is 5.75 Å². The van der Waals surface area contributed by atoms with Crippen LogP contribution in [0.15, 0.2) is 40.9 Å². The normalized spacial score (nSPS) is 31.3. The van der Waals surface area contributed by atoms with Gasteiger partial charge in [-0.2, -0.15) is 0 Å². The maximum Gasteiger partial charge on any atom is 0.255 e. The molecule has 152 valence electrons. The zero-order valence-corrected chi connectivity index (χ0v) is 15.5. The first-order valence-corrected chi connectivity index (χ1v) is 9.09. The van der Waals surface area contributed by atoms with Crippen LogP contribution in [0.1, 0.15) is 22.3 Å². The predicted octanol–water partition coefficient (Wildman–Crippen LogP) is -0.222. The van der Waals surface area contributed by atoms with E-state index in [1.165, 1.54) is 13.1 Å². The Balaban J connectivity index is 1.99. The van der Waals surface area contributed by atoms with Crippen LogP contribution in [-0.4, -0.2) is 56.6 Å². The molecule has 9 nitrogen and oxygen atoms in total. The molecule has 1 aromatic carbocycles. The monoisotopic (exact) mass is 400 g/mol. The average molecular weight is 400 g/mol. The van der Waals surface area contributed by atoms with E-state index in [1.807, 2.05) is 0 Å². The number of likely N-dealkylation sites (N-methyl/N-ethyl adjacent to an activating group) is 1. The number of phenolic OH excluding ortho intramolecular Hbond substituents is 1. The van der Waals surface area contributed by atoms with Crippen LogP contribution in [0.2, 0.25) is 0 Å². The van der Waals surface area contributed by atoms with Gasteiger partial charge >= 0.3 is 0 Å². The van der Waals surface area contributed by atoms with Crippen molar-refractivity contribution < 1.29 is 34.8 Å². The summed E-state index contributed by atoms with van der Waals surface area (Å²) in [7, 11) is 1.34. The lowest BCUT2D eigenvalue weighted by atomic mass is 9.57. The van der Waals surface area contributed by atoms with Gasteiger partial charge in [0.25, 0.3) is 5.91 Å². The molecule has 0 unspecified atom stereocenters. The number of nitrogens with one attached hydrogen (secondary N) is 1. The van der Waals surface area contributed by atoms with E-state index in [4.69, 9.17) is 5.73 Å². The molecule has 0 heterocycles. The van der Waals surface area contributed by atoms with Crippen molar-refractivity contribution in [2.24, 2.45) is 17.6 Å². The highest BCUT2D eigenvalue weighted by Gasteiger charge is 2.63. The Morgan fingerprint density at radius 3 is 2.52 bits per heavy atom. The van der Waals surface area contributed by atoms with Gasteiger partial charge in [-0.05, 0) is 25.1 Å². The Kier molecular flexibility index (Phi) is 4.07. The number of ketones is 2. The molecule has 7 N–H and O–H groups in total. The van der Waals surface area contributed by atoms with Gasteiger partial charge in [0, 0.05) is 23.8 Å². The molecule has 0 saturated heterocycles. The minimum atomic E-state index is -2.00. The first-order chi connectivity index (χ1) is 13.7. The zero-order chi connectivity index (χ0) is 21.2. The van der Waals surface area contributed by atoms with E-state index < -0.39 is 58.0 Å². The standard InChI is InChI=1S/C20H20N2O7/c1-22-20-9(6-11(24)14(18(20)28)19(21)29)15(25)8-5-7-3-2-4-10(23)12(7)16(26)13(8)17(20)27/h2-4,8-9,15,22-25,27H,5-6H2,1H3,(H2,21,29)/t8-,9+,15-,20+/m1/s1. The molecule has 1 aromatic rings. The summed E-state index contributed by atoms with van der Waals surface area (Å²) in [5.74, 6) is -6.24. The highest BCUT2D eigenvalue weighted by Crippen LogP contribution is 2.51. The minimum absolute atomic E-state index is 0.000949. The van der Waals surface area contributed by atoms with Crippen molar-refractivity contribution in [2.75, 3.05) is 7.05 Å². The minimum Gasteiger partial charge on any atom is -0.511 e. The summed E-state index contributed by atoms with van der Waals surface area (Å²) in [4.78, 5) is 38.1. The summed E-state index contributed by atoms with van der Waals surface area (Å²) in [6.07, 6.45) is -1.44. The van der Waals surface area contributed by atoms with Crippen LogP contribution in [0.4, 0.5) is 0 Å². The maximum atomic E-state index is 13.2. The Morgan fingerprint density at radius 2 is 1.90 bits per heavy atom. The molecule has 4 rings (SSSR count). The van der Waals surface area contributed by atoms with Gasteiger partial charge < -0.3 is 31.5 Å². The van der Waals surface area contributed by atoms with E-state index in [0.29, 0.717) is 5.56 Å². The summed E-state index contributed by atoms with van der Waals surface area (Å²) < 4.78 is 0. The zero-order valence-electron chi connectivity index (χ0n) is 15.5. The maximum absolute atomic E-state index is 13.2. The van der Waals surface area contributed by atoms with E-state index in [1.54, 1.807) is 12.1 Å². The number of hydrogen-bond donors (Lipinski definition) is 6. The van der Waals surface area contributed by atoms with Crippen LogP contribution in [0, 0.1) is 11.8 Å². The summed E-state index contributed by atoms with van der Waals surface area (Å²) in [5, 5.41) is 45.3.